The van der Waals surface area contributed by atoms with Crippen molar-refractivity contribution < 1.29 is 14.3 Å². The lowest BCUT2D eigenvalue weighted by Gasteiger charge is -2.06. The van der Waals surface area contributed by atoms with Gasteiger partial charge in [-0.25, -0.2) is 4.98 Å². The molecule has 6 heteroatoms. The maximum atomic E-state index is 12.1. The molecule has 1 heterocycles. The van der Waals surface area contributed by atoms with Crippen LogP contribution < -0.4 is 14.8 Å². The Hall–Kier alpha value is -2.86. The van der Waals surface area contributed by atoms with Crippen molar-refractivity contribution in [3.05, 3.63) is 59.5 Å². The fourth-order valence-corrected chi connectivity index (χ4v) is 3.38. The Bertz CT molecular complexity index is 905. The molecule has 29 heavy (non-hydrogen) atoms. The molecule has 2 aromatic carbocycles. The molecule has 0 aliphatic rings. The van der Waals surface area contributed by atoms with Gasteiger partial charge in [0.25, 0.3) is 0 Å². The number of aryl methyl sites for hydroxylation is 1. The van der Waals surface area contributed by atoms with Gasteiger partial charge in [0.05, 0.1) is 18.9 Å². The summed E-state index contributed by atoms with van der Waals surface area (Å²) in [6.07, 6.45) is 2.02. The number of rotatable bonds is 10. The molecule has 5 nitrogen and oxygen atoms in total. The van der Waals surface area contributed by atoms with E-state index in [0.29, 0.717) is 31.2 Å². The Kier molecular flexibility index (Phi) is 7.64. The number of thiazole rings is 1. The fourth-order valence-electron chi connectivity index (χ4n) is 2.64. The van der Waals surface area contributed by atoms with Crippen molar-refractivity contribution in [3.8, 4) is 22.8 Å². The third kappa shape index (κ3) is 6.61. The molecule has 3 rings (SSSR count). The second-order valence-corrected chi connectivity index (χ2v) is 7.58. The van der Waals surface area contributed by atoms with Gasteiger partial charge in [-0.05, 0) is 56.2 Å². The summed E-state index contributed by atoms with van der Waals surface area (Å²) in [5.41, 5.74) is 3.03. The zero-order chi connectivity index (χ0) is 20.5. The molecule has 0 bridgehead atoms. The van der Waals surface area contributed by atoms with Crippen LogP contribution in [-0.2, 0) is 4.79 Å². The van der Waals surface area contributed by atoms with Gasteiger partial charge in [-0.15, -0.1) is 11.3 Å². The minimum atomic E-state index is -0.0540. The summed E-state index contributed by atoms with van der Waals surface area (Å²) in [7, 11) is 0. The number of hydrogen-bond acceptors (Lipinski definition) is 5. The van der Waals surface area contributed by atoms with Gasteiger partial charge in [0, 0.05) is 17.4 Å². The van der Waals surface area contributed by atoms with Gasteiger partial charge in [-0.2, -0.15) is 0 Å². The number of nitrogens with one attached hydrogen (secondary N) is 1. The Balaban J connectivity index is 1.43. The normalized spacial score (nSPS) is 10.6. The van der Waals surface area contributed by atoms with Gasteiger partial charge in [0.15, 0.2) is 5.13 Å². The number of ether oxygens (including phenoxy) is 2. The van der Waals surface area contributed by atoms with Crippen LogP contribution in [0.15, 0.2) is 53.9 Å². The predicted molar refractivity (Wildman–Crippen MR) is 118 cm³/mol. The van der Waals surface area contributed by atoms with Crippen LogP contribution >= 0.6 is 11.3 Å². The van der Waals surface area contributed by atoms with Crippen molar-refractivity contribution in [1.82, 2.24) is 4.98 Å². The topological polar surface area (TPSA) is 60.5 Å². The molecule has 152 valence electrons. The van der Waals surface area contributed by atoms with E-state index in [1.54, 1.807) is 0 Å². The number of nitrogens with zero attached hydrogens (tertiary/aromatic N) is 1. The van der Waals surface area contributed by atoms with E-state index >= 15 is 0 Å². The Labute approximate surface area is 175 Å². The first kappa shape index (κ1) is 20.9. The zero-order valence-electron chi connectivity index (χ0n) is 16.8. The lowest BCUT2D eigenvalue weighted by molar-refractivity contribution is -0.116. The molecule has 0 radical (unpaired) electrons. The maximum absolute atomic E-state index is 12.1. The molecule has 0 saturated carbocycles. The largest absolute Gasteiger partial charge is 0.494 e. The van der Waals surface area contributed by atoms with Crippen LogP contribution in [0.2, 0.25) is 0 Å². The molecule has 1 N–H and O–H groups in total. The highest BCUT2D eigenvalue weighted by Crippen LogP contribution is 2.26. The fraction of sp³-hybridized carbons (Fsp3) is 0.304. The molecule has 0 atom stereocenters. The van der Waals surface area contributed by atoms with E-state index in [0.717, 1.165) is 29.2 Å². The van der Waals surface area contributed by atoms with Gasteiger partial charge in [0.1, 0.15) is 11.5 Å². The second kappa shape index (κ2) is 10.6. The second-order valence-electron chi connectivity index (χ2n) is 6.72. The van der Waals surface area contributed by atoms with Crippen molar-refractivity contribution in [2.45, 2.75) is 33.1 Å². The number of hydrogen-bond donors (Lipinski definition) is 1. The smallest absolute Gasteiger partial charge is 0.226 e. The van der Waals surface area contributed by atoms with Crippen LogP contribution in [0.3, 0.4) is 0 Å². The van der Waals surface area contributed by atoms with Crippen molar-refractivity contribution in [3.63, 3.8) is 0 Å². The summed E-state index contributed by atoms with van der Waals surface area (Å²) in [4.78, 5) is 16.7. The van der Waals surface area contributed by atoms with Crippen molar-refractivity contribution in [2.24, 2.45) is 0 Å². The SMILES string of the molecule is CCCOc1ccc(-c2csc(NC(=O)CCCOc3ccc(C)cc3)n2)cc1. The molecule has 1 amide bonds. The average Bonchev–Trinajstić information content (AvgIpc) is 3.19. The highest BCUT2D eigenvalue weighted by Gasteiger charge is 2.08. The summed E-state index contributed by atoms with van der Waals surface area (Å²) in [5.74, 6) is 1.63. The van der Waals surface area contributed by atoms with E-state index in [9.17, 15) is 4.79 Å². The third-order valence-electron chi connectivity index (χ3n) is 4.21. The number of aromatic nitrogens is 1. The standard InChI is InChI=1S/C23H26N2O3S/c1-3-14-27-20-12-8-18(9-13-20)21-16-29-23(24-21)25-22(26)5-4-15-28-19-10-6-17(2)7-11-19/h6-13,16H,3-5,14-15H2,1-2H3,(H,24,25,26). The van der Waals surface area contributed by atoms with Crippen molar-refractivity contribution in [2.75, 3.05) is 18.5 Å². The zero-order valence-corrected chi connectivity index (χ0v) is 17.6. The van der Waals surface area contributed by atoms with E-state index in [1.165, 1.54) is 16.9 Å². The molecule has 0 unspecified atom stereocenters. The Morgan fingerprint density at radius 1 is 1.00 bits per heavy atom. The highest BCUT2D eigenvalue weighted by molar-refractivity contribution is 7.14. The van der Waals surface area contributed by atoms with E-state index in [4.69, 9.17) is 9.47 Å². The summed E-state index contributed by atoms with van der Waals surface area (Å²) in [6, 6.07) is 15.7. The molecular weight excluding hydrogens is 384 g/mol. The Morgan fingerprint density at radius 3 is 2.34 bits per heavy atom. The number of anilines is 1. The van der Waals surface area contributed by atoms with E-state index in [1.807, 2.05) is 60.8 Å². The molecule has 0 saturated heterocycles. The van der Waals surface area contributed by atoms with Crippen LogP contribution in [0.1, 0.15) is 31.7 Å². The summed E-state index contributed by atoms with van der Waals surface area (Å²) >= 11 is 1.42. The van der Waals surface area contributed by atoms with Crippen LogP contribution in [0.5, 0.6) is 11.5 Å². The number of benzene rings is 2. The van der Waals surface area contributed by atoms with E-state index < -0.39 is 0 Å². The number of amides is 1. The summed E-state index contributed by atoms with van der Waals surface area (Å²) < 4.78 is 11.3. The maximum Gasteiger partial charge on any atom is 0.226 e. The minimum absolute atomic E-state index is 0.0540. The predicted octanol–water partition coefficient (Wildman–Crippen LogP) is 5.71. The van der Waals surface area contributed by atoms with Crippen LogP contribution in [0.4, 0.5) is 5.13 Å². The van der Waals surface area contributed by atoms with Crippen molar-refractivity contribution in [1.29, 1.82) is 0 Å². The Morgan fingerprint density at radius 2 is 1.66 bits per heavy atom. The number of carbonyl (C=O) groups is 1. The van der Waals surface area contributed by atoms with E-state index in [-0.39, 0.29) is 5.91 Å². The first-order valence-electron chi connectivity index (χ1n) is 9.82. The van der Waals surface area contributed by atoms with E-state index in [2.05, 4.69) is 17.2 Å². The van der Waals surface area contributed by atoms with Gasteiger partial charge in [-0.1, -0.05) is 24.6 Å². The molecule has 0 aliphatic carbocycles. The van der Waals surface area contributed by atoms with Crippen LogP contribution in [-0.4, -0.2) is 24.1 Å². The van der Waals surface area contributed by atoms with Gasteiger partial charge in [-0.3, -0.25) is 4.79 Å². The molecule has 0 aliphatic heterocycles. The first-order chi connectivity index (χ1) is 14.1. The lowest BCUT2D eigenvalue weighted by Crippen LogP contribution is -2.12. The van der Waals surface area contributed by atoms with Gasteiger partial charge >= 0.3 is 0 Å². The molecule has 1 aromatic heterocycles. The molecule has 3 aromatic rings. The monoisotopic (exact) mass is 410 g/mol. The molecule has 0 spiro atoms. The van der Waals surface area contributed by atoms with Crippen LogP contribution in [0, 0.1) is 6.92 Å². The lowest BCUT2D eigenvalue weighted by atomic mass is 10.2. The minimum Gasteiger partial charge on any atom is -0.494 e. The quantitative estimate of drug-likeness (QED) is 0.435. The summed E-state index contributed by atoms with van der Waals surface area (Å²) in [6.45, 7) is 5.33. The van der Waals surface area contributed by atoms with Crippen molar-refractivity contribution >= 4 is 22.4 Å². The first-order valence-corrected chi connectivity index (χ1v) is 10.7. The number of carbonyl (C=O) groups excluding carboxylic acids is 1. The highest BCUT2D eigenvalue weighted by atomic mass is 32.1. The third-order valence-corrected chi connectivity index (χ3v) is 4.97. The average molecular weight is 411 g/mol. The van der Waals surface area contributed by atoms with Gasteiger partial charge < -0.3 is 14.8 Å². The molecule has 0 fully saturated rings. The van der Waals surface area contributed by atoms with Gasteiger partial charge in [0.2, 0.25) is 5.91 Å². The molecular formula is C23H26N2O3S. The van der Waals surface area contributed by atoms with Crippen LogP contribution in [0.25, 0.3) is 11.3 Å². The summed E-state index contributed by atoms with van der Waals surface area (Å²) in [5, 5.41) is 5.42.